The Morgan fingerprint density at radius 1 is 1.18 bits per heavy atom. The smallest absolute Gasteiger partial charge is 0.354 e. The lowest BCUT2D eigenvalue weighted by Gasteiger charge is -2.19. The predicted octanol–water partition coefficient (Wildman–Crippen LogP) is 1.68. The molecule has 3 heterocycles. The lowest BCUT2D eigenvalue weighted by molar-refractivity contribution is 0.224. The number of hydrogen-bond acceptors (Lipinski definition) is 7. The number of H-pyrrole nitrogens is 1. The molecule has 0 radical (unpaired) electrons. The zero-order valence-corrected chi connectivity index (χ0v) is 19.4. The molecular formula is C21H25N9O3S. The molecule has 0 bridgehead atoms. The second-order valence-electron chi connectivity index (χ2n) is 8.81. The Balaban J connectivity index is 1.36. The Morgan fingerprint density at radius 3 is 2.62 bits per heavy atom. The van der Waals surface area contributed by atoms with Crippen molar-refractivity contribution in [1.82, 2.24) is 30.4 Å². The number of aryl methyl sites for hydroxylation is 1. The predicted molar refractivity (Wildman–Crippen MR) is 122 cm³/mol. The number of carbonyl (C=O) groups is 1. The highest BCUT2D eigenvalue weighted by Crippen LogP contribution is 2.42. The fraction of sp³-hybridized carbons (Fsp3) is 0.476. The van der Waals surface area contributed by atoms with Crippen LogP contribution in [0.25, 0.3) is 0 Å². The van der Waals surface area contributed by atoms with E-state index in [1.54, 1.807) is 4.68 Å². The van der Waals surface area contributed by atoms with E-state index >= 15 is 0 Å². The summed E-state index contributed by atoms with van der Waals surface area (Å²) in [5.74, 6) is 0.979. The van der Waals surface area contributed by atoms with Gasteiger partial charge in [-0.1, -0.05) is 5.21 Å². The van der Waals surface area contributed by atoms with E-state index in [1.807, 2.05) is 0 Å². The van der Waals surface area contributed by atoms with Crippen LogP contribution in [-0.2, 0) is 48.6 Å². The zero-order valence-electron chi connectivity index (χ0n) is 18.5. The number of carbonyl (C=O) groups excluding carboxylic acids is 1. The van der Waals surface area contributed by atoms with Crippen molar-refractivity contribution in [3.8, 4) is 5.88 Å². The van der Waals surface area contributed by atoms with Crippen LogP contribution in [0.5, 0.6) is 5.88 Å². The van der Waals surface area contributed by atoms with E-state index in [2.05, 4.69) is 35.4 Å². The number of aromatic nitrogens is 6. The quantitative estimate of drug-likeness (QED) is 0.507. The summed E-state index contributed by atoms with van der Waals surface area (Å²) in [4.78, 5) is 13.1. The molecule has 0 saturated heterocycles. The maximum atomic E-state index is 13.2. The number of ether oxygens (including phenoxy) is 1. The van der Waals surface area contributed by atoms with Gasteiger partial charge in [-0.2, -0.15) is 10.3 Å². The van der Waals surface area contributed by atoms with Crippen molar-refractivity contribution >= 4 is 21.6 Å². The highest BCUT2D eigenvalue weighted by atomic mass is 32.2. The Bertz CT molecular complexity index is 1370. The minimum atomic E-state index is -3.52. The van der Waals surface area contributed by atoms with E-state index in [0.717, 1.165) is 61.8 Å². The van der Waals surface area contributed by atoms with Gasteiger partial charge in [0, 0.05) is 25.1 Å². The number of urea groups is 1. The van der Waals surface area contributed by atoms with E-state index in [1.165, 1.54) is 22.9 Å². The number of anilines is 1. The van der Waals surface area contributed by atoms with Crippen LogP contribution in [0.15, 0.2) is 15.5 Å². The van der Waals surface area contributed by atoms with Crippen molar-refractivity contribution < 1.29 is 13.7 Å². The van der Waals surface area contributed by atoms with Gasteiger partial charge < -0.3 is 10.1 Å². The first-order valence-electron chi connectivity index (χ1n) is 11.5. The van der Waals surface area contributed by atoms with E-state index in [9.17, 15) is 9.00 Å². The van der Waals surface area contributed by atoms with Gasteiger partial charge in [0.1, 0.15) is 4.90 Å². The Hall–Kier alpha value is -3.32. The van der Waals surface area contributed by atoms with Crippen LogP contribution in [0.4, 0.5) is 10.5 Å². The van der Waals surface area contributed by atoms with Crippen LogP contribution in [0.1, 0.15) is 52.9 Å². The number of nitrogens with one attached hydrogen (secondary N) is 2. The van der Waals surface area contributed by atoms with Crippen molar-refractivity contribution in [3.05, 3.63) is 39.8 Å². The van der Waals surface area contributed by atoms with Gasteiger partial charge in [-0.25, -0.2) is 18.8 Å². The van der Waals surface area contributed by atoms with E-state index < -0.39 is 15.9 Å². The first-order chi connectivity index (χ1) is 16.5. The van der Waals surface area contributed by atoms with Gasteiger partial charge in [-0.05, 0) is 66.3 Å². The number of fused-ring (bicyclic) bond motifs is 3. The van der Waals surface area contributed by atoms with Crippen molar-refractivity contribution in [2.45, 2.75) is 62.8 Å². The summed E-state index contributed by atoms with van der Waals surface area (Å²) in [6.07, 6.45) is 8.39. The van der Waals surface area contributed by atoms with Crippen LogP contribution >= 0.6 is 0 Å². The average Bonchev–Trinajstić information content (AvgIpc) is 3.60. The molecule has 3 aliphatic rings. The molecule has 0 saturated carbocycles. The molecule has 1 unspecified atom stereocenters. The highest BCUT2D eigenvalue weighted by molar-refractivity contribution is 7.91. The fourth-order valence-electron chi connectivity index (χ4n) is 5.40. The number of hydrogen-bond donors (Lipinski definition) is 3. The molecule has 178 valence electrons. The summed E-state index contributed by atoms with van der Waals surface area (Å²) in [5.41, 5.74) is 6.79. The molecule has 0 fully saturated rings. The maximum absolute atomic E-state index is 13.2. The summed E-state index contributed by atoms with van der Waals surface area (Å²) in [6, 6.07) is -0.725. The van der Waals surface area contributed by atoms with Crippen molar-refractivity contribution in [2.75, 3.05) is 11.9 Å². The number of nitrogens with zero attached hydrogens (tertiary/aromatic N) is 6. The molecule has 34 heavy (non-hydrogen) atoms. The number of nitrogens with two attached hydrogens (primary N) is 1. The normalized spacial score (nSPS) is 17.9. The number of aromatic amines is 1. The van der Waals surface area contributed by atoms with E-state index in [0.29, 0.717) is 31.3 Å². The minimum Gasteiger partial charge on any atom is -0.477 e. The molecule has 4 N–H and O–H groups in total. The molecular weight excluding hydrogens is 458 g/mol. The second kappa shape index (κ2) is 8.17. The van der Waals surface area contributed by atoms with E-state index in [4.69, 9.17) is 9.88 Å². The first kappa shape index (κ1) is 21.2. The molecule has 1 atom stereocenters. The third kappa shape index (κ3) is 3.55. The number of benzene rings is 1. The Kier molecular flexibility index (Phi) is 5.10. The fourth-order valence-corrected chi connectivity index (χ4v) is 6.40. The van der Waals surface area contributed by atoms with Crippen LogP contribution in [0.2, 0.25) is 0 Å². The van der Waals surface area contributed by atoms with Crippen LogP contribution in [0.3, 0.4) is 0 Å². The number of tetrazole rings is 1. The molecule has 3 aromatic rings. The molecule has 1 aliphatic heterocycles. The summed E-state index contributed by atoms with van der Waals surface area (Å²) < 4.78 is 24.3. The topological polar surface area (TPSA) is 166 Å². The molecule has 1 aromatic carbocycles. The highest BCUT2D eigenvalue weighted by Gasteiger charge is 2.30. The van der Waals surface area contributed by atoms with Crippen LogP contribution in [0, 0.1) is 0 Å². The Labute approximate surface area is 196 Å². The number of rotatable bonds is 4. The van der Waals surface area contributed by atoms with Crippen LogP contribution < -0.4 is 15.2 Å². The third-order valence-electron chi connectivity index (χ3n) is 6.77. The van der Waals surface area contributed by atoms with Gasteiger partial charge in [0.15, 0.2) is 15.7 Å². The lowest BCUT2D eigenvalue weighted by atomic mass is 9.90. The lowest BCUT2D eigenvalue weighted by Crippen LogP contribution is -2.21. The van der Waals surface area contributed by atoms with Gasteiger partial charge in [-0.3, -0.25) is 0 Å². The largest absolute Gasteiger partial charge is 0.477 e. The van der Waals surface area contributed by atoms with Gasteiger partial charge in [0.05, 0.1) is 12.8 Å². The monoisotopic (exact) mass is 483 g/mol. The van der Waals surface area contributed by atoms with Gasteiger partial charge in [-0.15, -0.1) is 14.6 Å². The van der Waals surface area contributed by atoms with Gasteiger partial charge >= 0.3 is 6.03 Å². The zero-order chi connectivity index (χ0) is 23.3. The molecule has 13 heteroatoms. The van der Waals surface area contributed by atoms with Gasteiger partial charge in [0.25, 0.3) is 0 Å². The standard InChI is InChI=1S/C21H25N9O3S/c22-34(32,17-11-23-30-8-3-9-33-20(17)30)27-21(31)24-19-14-6-1-4-12(14)16(10-18-25-28-29-26-18)13-5-2-7-15(13)19/h11H,1-10H2,(H,25,26,28,29)(H3,22,24,27,31,32). The average molecular weight is 484 g/mol. The van der Waals surface area contributed by atoms with Gasteiger partial charge in [0.2, 0.25) is 5.88 Å². The van der Waals surface area contributed by atoms with E-state index in [-0.39, 0.29) is 4.90 Å². The molecule has 0 spiro atoms. The minimum absolute atomic E-state index is 0.147. The number of amides is 2. The Morgan fingerprint density at radius 2 is 1.91 bits per heavy atom. The van der Waals surface area contributed by atoms with Crippen molar-refractivity contribution in [3.63, 3.8) is 0 Å². The molecule has 2 aromatic heterocycles. The SMILES string of the molecule is NS(=O)(=NC(=O)Nc1c2c(c(Cc3nn[nH]n3)c3c1CCC3)CCC2)c1cnn2c1OCCC2. The molecule has 2 amide bonds. The third-order valence-corrected chi connectivity index (χ3v) is 8.12. The summed E-state index contributed by atoms with van der Waals surface area (Å²) in [7, 11) is -3.52. The summed E-state index contributed by atoms with van der Waals surface area (Å²) >= 11 is 0. The molecule has 2 aliphatic carbocycles. The molecule has 12 nitrogen and oxygen atoms in total. The maximum Gasteiger partial charge on any atom is 0.354 e. The molecule has 6 rings (SSSR count). The van der Waals surface area contributed by atoms with Crippen LogP contribution in [-0.4, -0.2) is 47.3 Å². The summed E-state index contributed by atoms with van der Waals surface area (Å²) in [5, 5.41) is 27.6. The van der Waals surface area contributed by atoms with Crippen molar-refractivity contribution in [2.24, 2.45) is 9.50 Å². The first-order valence-corrected chi connectivity index (χ1v) is 13.0. The summed E-state index contributed by atoms with van der Waals surface area (Å²) in [6.45, 7) is 1.13. The second-order valence-corrected chi connectivity index (χ2v) is 10.6. The van der Waals surface area contributed by atoms with Crippen molar-refractivity contribution in [1.29, 1.82) is 0 Å².